The molecule has 0 aliphatic heterocycles. The molecule has 0 aliphatic carbocycles. The summed E-state index contributed by atoms with van der Waals surface area (Å²) < 4.78 is 11.2. The van der Waals surface area contributed by atoms with Gasteiger partial charge in [0, 0.05) is 28.9 Å². The Morgan fingerprint density at radius 2 is 1.68 bits per heavy atom. The van der Waals surface area contributed by atoms with Crippen LogP contribution in [0.1, 0.15) is 38.3 Å². The van der Waals surface area contributed by atoms with Crippen LogP contribution in [0.3, 0.4) is 0 Å². The van der Waals surface area contributed by atoms with Crippen molar-refractivity contribution in [2.45, 2.75) is 45.4 Å². The van der Waals surface area contributed by atoms with Crippen molar-refractivity contribution < 1.29 is 4.21 Å². The van der Waals surface area contributed by atoms with E-state index in [9.17, 15) is 4.21 Å². The maximum Gasteiger partial charge on any atom is 0.0329 e. The lowest BCUT2D eigenvalue weighted by Gasteiger charge is -2.10. The van der Waals surface area contributed by atoms with Crippen molar-refractivity contribution in [2.75, 3.05) is 12.8 Å². The fourth-order valence-electron chi connectivity index (χ4n) is 1.97. The molecule has 0 aliphatic rings. The van der Waals surface area contributed by atoms with E-state index >= 15 is 0 Å². The van der Waals surface area contributed by atoms with Crippen LogP contribution in [0.25, 0.3) is 0 Å². The first-order valence-corrected chi connectivity index (χ1v) is 8.72. The van der Waals surface area contributed by atoms with Crippen molar-refractivity contribution in [2.24, 2.45) is 5.92 Å². The van der Waals surface area contributed by atoms with E-state index in [0.29, 0.717) is 5.92 Å². The lowest BCUT2D eigenvalue weighted by atomic mass is 10.0. The lowest BCUT2D eigenvalue weighted by molar-refractivity contribution is 0.628. The molecule has 2 atom stereocenters. The normalized spacial score (nSPS) is 14.6. The van der Waals surface area contributed by atoms with Crippen molar-refractivity contribution in [3.8, 4) is 0 Å². The summed E-state index contributed by atoms with van der Waals surface area (Å²) in [5.74, 6) is 0.709. The van der Waals surface area contributed by atoms with Gasteiger partial charge in [0.2, 0.25) is 0 Å². The van der Waals surface area contributed by atoms with Gasteiger partial charge in [-0.3, -0.25) is 4.21 Å². The predicted octanol–water partition coefficient (Wildman–Crippen LogP) is 3.13. The molecule has 0 saturated heterocycles. The fourth-order valence-corrected chi connectivity index (χ4v) is 2.42. The number of nitrogens with one attached hydrogen (secondary N) is 1. The molecule has 0 fully saturated rings. The maximum atomic E-state index is 11.2. The van der Waals surface area contributed by atoms with Crippen LogP contribution in [0.15, 0.2) is 24.3 Å². The molecule has 3 heteroatoms. The van der Waals surface area contributed by atoms with Gasteiger partial charge in [-0.2, -0.15) is 0 Å². The monoisotopic (exact) mass is 281 g/mol. The standard InChI is InChI=1S/C16H27NOS/c1-13(2)11-15-5-7-16(8-6-15)12-17-10-9-14(3)19(4)18/h5-8,13-14,17H,9-12H2,1-4H3. The fraction of sp³-hybridized carbons (Fsp3) is 0.625. The van der Waals surface area contributed by atoms with Gasteiger partial charge >= 0.3 is 0 Å². The predicted molar refractivity (Wildman–Crippen MR) is 84.8 cm³/mol. The third kappa shape index (κ3) is 6.88. The molecule has 1 N–H and O–H groups in total. The van der Waals surface area contributed by atoms with Gasteiger partial charge in [0.05, 0.1) is 0 Å². The molecule has 2 nitrogen and oxygen atoms in total. The second-order valence-electron chi connectivity index (χ2n) is 5.69. The molecule has 108 valence electrons. The number of rotatable bonds is 8. The minimum absolute atomic E-state index is 0.279. The molecule has 0 saturated carbocycles. The van der Waals surface area contributed by atoms with E-state index in [-0.39, 0.29) is 5.25 Å². The van der Waals surface area contributed by atoms with Gasteiger partial charge in [-0.1, -0.05) is 45.0 Å². The molecule has 2 unspecified atom stereocenters. The molecule has 0 bridgehead atoms. The zero-order valence-corrected chi connectivity index (χ0v) is 13.4. The number of hydrogen-bond acceptors (Lipinski definition) is 2. The smallest absolute Gasteiger partial charge is 0.0329 e. The van der Waals surface area contributed by atoms with Crippen LogP contribution in [0, 0.1) is 5.92 Å². The minimum Gasteiger partial charge on any atom is -0.313 e. The van der Waals surface area contributed by atoms with Crippen LogP contribution in [0.2, 0.25) is 0 Å². The summed E-state index contributed by atoms with van der Waals surface area (Å²) in [7, 11) is -0.707. The highest BCUT2D eigenvalue weighted by molar-refractivity contribution is 7.84. The Balaban J connectivity index is 2.28. The average molecular weight is 281 g/mol. The van der Waals surface area contributed by atoms with E-state index in [0.717, 1.165) is 25.9 Å². The first-order chi connectivity index (χ1) is 8.99. The molecule has 0 amide bonds. The van der Waals surface area contributed by atoms with E-state index < -0.39 is 10.8 Å². The molecule has 0 aromatic heterocycles. The highest BCUT2D eigenvalue weighted by Crippen LogP contribution is 2.09. The lowest BCUT2D eigenvalue weighted by Crippen LogP contribution is -2.20. The van der Waals surface area contributed by atoms with Gasteiger partial charge < -0.3 is 5.32 Å². The SMILES string of the molecule is CC(C)Cc1ccc(CNCCC(C)S(C)=O)cc1. The summed E-state index contributed by atoms with van der Waals surface area (Å²) >= 11 is 0. The van der Waals surface area contributed by atoms with Crippen molar-refractivity contribution >= 4 is 10.8 Å². The van der Waals surface area contributed by atoms with Crippen molar-refractivity contribution in [1.82, 2.24) is 5.32 Å². The van der Waals surface area contributed by atoms with E-state index in [1.165, 1.54) is 11.1 Å². The topological polar surface area (TPSA) is 29.1 Å². The van der Waals surface area contributed by atoms with Gasteiger partial charge in [-0.05, 0) is 36.4 Å². The Morgan fingerprint density at radius 1 is 1.11 bits per heavy atom. The van der Waals surface area contributed by atoms with Gasteiger partial charge in [0.1, 0.15) is 0 Å². The molecule has 19 heavy (non-hydrogen) atoms. The third-order valence-corrected chi connectivity index (χ3v) is 4.66. The maximum absolute atomic E-state index is 11.2. The zero-order chi connectivity index (χ0) is 14.3. The molecule has 0 spiro atoms. The summed E-state index contributed by atoms with van der Waals surface area (Å²) in [6.45, 7) is 8.35. The average Bonchev–Trinajstić information content (AvgIpc) is 2.35. The Kier molecular flexibility index (Phi) is 7.32. The van der Waals surface area contributed by atoms with E-state index in [1.807, 2.05) is 6.92 Å². The minimum atomic E-state index is -0.707. The molecular formula is C16H27NOS. The first kappa shape index (κ1) is 16.4. The Hall–Kier alpha value is -0.670. The molecular weight excluding hydrogens is 254 g/mol. The summed E-state index contributed by atoms with van der Waals surface area (Å²) in [6.07, 6.45) is 3.89. The quantitative estimate of drug-likeness (QED) is 0.742. The summed E-state index contributed by atoms with van der Waals surface area (Å²) in [5, 5.41) is 3.69. The number of hydrogen-bond donors (Lipinski definition) is 1. The second kappa shape index (κ2) is 8.49. The largest absolute Gasteiger partial charge is 0.313 e. The molecule has 1 aromatic carbocycles. The molecule has 1 aromatic rings. The van der Waals surface area contributed by atoms with E-state index in [4.69, 9.17) is 0 Å². The highest BCUT2D eigenvalue weighted by atomic mass is 32.2. The van der Waals surface area contributed by atoms with Crippen LogP contribution >= 0.6 is 0 Å². The zero-order valence-electron chi connectivity index (χ0n) is 12.6. The van der Waals surface area contributed by atoms with Gasteiger partial charge in [0.15, 0.2) is 0 Å². The Bertz CT molecular complexity index is 386. The Morgan fingerprint density at radius 3 is 2.21 bits per heavy atom. The van der Waals surface area contributed by atoms with Crippen LogP contribution in [-0.2, 0) is 23.8 Å². The summed E-state index contributed by atoms with van der Waals surface area (Å²) in [6, 6.07) is 8.85. The first-order valence-electron chi connectivity index (χ1n) is 7.09. The van der Waals surface area contributed by atoms with Crippen LogP contribution in [0.4, 0.5) is 0 Å². The van der Waals surface area contributed by atoms with Gasteiger partial charge in [0.25, 0.3) is 0 Å². The number of benzene rings is 1. The molecule has 1 rings (SSSR count). The third-order valence-electron chi connectivity index (χ3n) is 3.29. The van der Waals surface area contributed by atoms with Gasteiger partial charge in [-0.25, -0.2) is 0 Å². The van der Waals surface area contributed by atoms with E-state index in [1.54, 1.807) is 6.26 Å². The summed E-state index contributed by atoms with van der Waals surface area (Å²) in [4.78, 5) is 0. The summed E-state index contributed by atoms with van der Waals surface area (Å²) in [5.41, 5.74) is 2.73. The molecule has 0 heterocycles. The van der Waals surface area contributed by atoms with Gasteiger partial charge in [-0.15, -0.1) is 0 Å². The Labute approximate surface area is 120 Å². The highest BCUT2D eigenvalue weighted by Gasteiger charge is 2.04. The van der Waals surface area contributed by atoms with Crippen LogP contribution < -0.4 is 5.32 Å². The molecule has 0 radical (unpaired) electrons. The van der Waals surface area contributed by atoms with Crippen molar-refractivity contribution in [3.05, 3.63) is 35.4 Å². The van der Waals surface area contributed by atoms with E-state index in [2.05, 4.69) is 43.4 Å². The second-order valence-corrected chi connectivity index (χ2v) is 7.49. The van der Waals surface area contributed by atoms with Crippen molar-refractivity contribution in [3.63, 3.8) is 0 Å². The van der Waals surface area contributed by atoms with Crippen LogP contribution in [-0.4, -0.2) is 22.3 Å². The van der Waals surface area contributed by atoms with Crippen LogP contribution in [0.5, 0.6) is 0 Å². The van der Waals surface area contributed by atoms with Crippen molar-refractivity contribution in [1.29, 1.82) is 0 Å².